The highest BCUT2D eigenvalue weighted by Gasteiger charge is 2.13. The number of halogens is 2. The number of nitro benzene ring substituents is 1. The Morgan fingerprint density at radius 2 is 2.10 bits per heavy atom. The molecule has 2 rings (SSSR count). The lowest BCUT2D eigenvalue weighted by atomic mass is 10.2. The molecule has 0 aliphatic rings. The standard InChI is InChI=1S/C14H9ClFN3O2/c15-12-6-11(3-2-10(12)7-17)18-8-9-1-4-14(19(20)21)13(16)5-9/h1-6,18H,8H2. The number of hydrogen-bond acceptors (Lipinski definition) is 4. The molecule has 0 radical (unpaired) electrons. The SMILES string of the molecule is N#Cc1ccc(NCc2ccc([N+](=O)[O-])c(F)c2)cc1Cl. The maximum atomic E-state index is 13.5. The van der Waals surface area contributed by atoms with E-state index in [1.807, 2.05) is 6.07 Å². The number of benzene rings is 2. The molecule has 7 heteroatoms. The summed E-state index contributed by atoms with van der Waals surface area (Å²) in [5.41, 5.74) is 1.03. The summed E-state index contributed by atoms with van der Waals surface area (Å²) < 4.78 is 13.5. The summed E-state index contributed by atoms with van der Waals surface area (Å²) in [5.74, 6) is -0.878. The lowest BCUT2D eigenvalue weighted by molar-refractivity contribution is -0.387. The average molecular weight is 306 g/mol. The van der Waals surface area contributed by atoms with Gasteiger partial charge >= 0.3 is 5.69 Å². The van der Waals surface area contributed by atoms with Gasteiger partial charge in [-0.25, -0.2) is 0 Å². The van der Waals surface area contributed by atoms with Gasteiger partial charge in [-0.1, -0.05) is 17.7 Å². The fraction of sp³-hybridized carbons (Fsp3) is 0.0714. The Balaban J connectivity index is 2.10. The quantitative estimate of drug-likeness (QED) is 0.687. The normalized spacial score (nSPS) is 9.95. The summed E-state index contributed by atoms with van der Waals surface area (Å²) in [6.45, 7) is 0.275. The Kier molecular flexibility index (Phi) is 4.36. The molecule has 0 amide bonds. The summed E-state index contributed by atoms with van der Waals surface area (Å²) in [4.78, 5) is 9.75. The Bertz CT molecular complexity index is 743. The molecule has 1 N–H and O–H groups in total. The first-order valence-electron chi connectivity index (χ1n) is 5.87. The first-order chi connectivity index (χ1) is 10.0. The average Bonchev–Trinajstić information content (AvgIpc) is 2.45. The number of nitrogens with zero attached hydrogens (tertiary/aromatic N) is 2. The first-order valence-corrected chi connectivity index (χ1v) is 6.25. The third kappa shape index (κ3) is 3.46. The van der Waals surface area contributed by atoms with Gasteiger partial charge in [-0.2, -0.15) is 9.65 Å². The molecule has 0 aliphatic carbocycles. The lowest BCUT2D eigenvalue weighted by Gasteiger charge is -2.07. The number of hydrogen-bond donors (Lipinski definition) is 1. The van der Waals surface area contributed by atoms with Gasteiger partial charge in [0.05, 0.1) is 15.5 Å². The van der Waals surface area contributed by atoms with E-state index < -0.39 is 16.4 Å². The fourth-order valence-electron chi connectivity index (χ4n) is 1.73. The number of rotatable bonds is 4. The summed E-state index contributed by atoms with van der Waals surface area (Å²) >= 11 is 5.89. The van der Waals surface area contributed by atoms with Gasteiger partial charge in [0.15, 0.2) is 0 Å². The highest BCUT2D eigenvalue weighted by atomic mass is 35.5. The number of nitriles is 1. The maximum absolute atomic E-state index is 13.5. The number of nitro groups is 1. The Morgan fingerprint density at radius 3 is 2.67 bits per heavy atom. The summed E-state index contributed by atoms with van der Waals surface area (Å²) in [7, 11) is 0. The van der Waals surface area contributed by atoms with Crippen LogP contribution < -0.4 is 5.32 Å². The zero-order valence-corrected chi connectivity index (χ0v) is 11.4. The van der Waals surface area contributed by atoms with Crippen LogP contribution in [0.2, 0.25) is 5.02 Å². The number of nitrogens with one attached hydrogen (secondary N) is 1. The molecule has 0 bridgehead atoms. The molecule has 2 aromatic carbocycles. The second-order valence-electron chi connectivity index (χ2n) is 4.20. The van der Waals surface area contributed by atoms with Crippen LogP contribution in [0.15, 0.2) is 36.4 Å². The molecule has 0 aliphatic heterocycles. The molecule has 0 aromatic heterocycles. The minimum atomic E-state index is -0.878. The summed E-state index contributed by atoms with van der Waals surface area (Å²) in [6.07, 6.45) is 0. The van der Waals surface area contributed by atoms with E-state index in [1.165, 1.54) is 6.07 Å². The van der Waals surface area contributed by atoms with Crippen molar-refractivity contribution in [3.63, 3.8) is 0 Å². The third-order valence-corrected chi connectivity index (χ3v) is 3.11. The van der Waals surface area contributed by atoms with Crippen LogP contribution in [0.3, 0.4) is 0 Å². The molecule has 0 atom stereocenters. The lowest BCUT2D eigenvalue weighted by Crippen LogP contribution is -2.01. The van der Waals surface area contributed by atoms with Gasteiger partial charge in [0.25, 0.3) is 0 Å². The van der Waals surface area contributed by atoms with Gasteiger partial charge in [-0.15, -0.1) is 0 Å². The van der Waals surface area contributed by atoms with E-state index in [2.05, 4.69) is 5.32 Å². The Hall–Kier alpha value is -2.65. The monoisotopic (exact) mass is 305 g/mol. The van der Waals surface area contributed by atoms with Crippen LogP contribution in [0.1, 0.15) is 11.1 Å². The van der Waals surface area contributed by atoms with E-state index in [0.29, 0.717) is 21.8 Å². The zero-order valence-electron chi connectivity index (χ0n) is 10.6. The minimum absolute atomic E-state index is 0.275. The van der Waals surface area contributed by atoms with Crippen molar-refractivity contribution in [2.24, 2.45) is 0 Å². The van der Waals surface area contributed by atoms with Crippen molar-refractivity contribution >= 4 is 23.0 Å². The van der Waals surface area contributed by atoms with Crippen LogP contribution in [0, 0.1) is 27.3 Å². The minimum Gasteiger partial charge on any atom is -0.381 e. The van der Waals surface area contributed by atoms with Crippen LogP contribution in [-0.2, 0) is 6.54 Å². The predicted octanol–water partition coefficient (Wildman–Crippen LogP) is 3.87. The molecular formula is C14H9ClFN3O2. The fourth-order valence-corrected chi connectivity index (χ4v) is 1.95. The van der Waals surface area contributed by atoms with Crippen molar-refractivity contribution in [1.82, 2.24) is 0 Å². The molecule has 0 unspecified atom stereocenters. The van der Waals surface area contributed by atoms with Crippen molar-refractivity contribution in [3.05, 3.63) is 68.5 Å². The van der Waals surface area contributed by atoms with Crippen LogP contribution in [0.5, 0.6) is 0 Å². The molecule has 0 saturated heterocycles. The van der Waals surface area contributed by atoms with Crippen LogP contribution >= 0.6 is 11.6 Å². The largest absolute Gasteiger partial charge is 0.381 e. The van der Waals surface area contributed by atoms with E-state index in [4.69, 9.17) is 16.9 Å². The second-order valence-corrected chi connectivity index (χ2v) is 4.61. The first kappa shape index (κ1) is 14.8. The van der Waals surface area contributed by atoms with Gasteiger partial charge in [0, 0.05) is 18.3 Å². The Labute approximate surface area is 124 Å². The molecule has 0 fully saturated rings. The van der Waals surface area contributed by atoms with E-state index in [9.17, 15) is 14.5 Å². The van der Waals surface area contributed by atoms with Gasteiger partial charge < -0.3 is 5.32 Å². The van der Waals surface area contributed by atoms with Crippen LogP contribution in [0.25, 0.3) is 0 Å². The summed E-state index contributed by atoms with van der Waals surface area (Å²) in [5, 5.41) is 22.6. The van der Waals surface area contributed by atoms with E-state index in [0.717, 1.165) is 12.1 Å². The summed E-state index contributed by atoms with van der Waals surface area (Å²) in [6, 6.07) is 10.5. The zero-order chi connectivity index (χ0) is 15.4. The molecule has 106 valence electrons. The van der Waals surface area contributed by atoms with E-state index in [-0.39, 0.29) is 6.54 Å². The van der Waals surface area contributed by atoms with Gasteiger partial charge in [0.1, 0.15) is 6.07 Å². The molecule has 21 heavy (non-hydrogen) atoms. The molecule has 0 heterocycles. The van der Waals surface area contributed by atoms with Crippen molar-refractivity contribution < 1.29 is 9.31 Å². The Morgan fingerprint density at radius 1 is 1.33 bits per heavy atom. The van der Waals surface area contributed by atoms with Crippen molar-refractivity contribution in [2.75, 3.05) is 5.32 Å². The van der Waals surface area contributed by atoms with Crippen molar-refractivity contribution in [3.8, 4) is 6.07 Å². The molecule has 5 nitrogen and oxygen atoms in total. The van der Waals surface area contributed by atoms with Crippen LogP contribution in [0.4, 0.5) is 15.8 Å². The van der Waals surface area contributed by atoms with Crippen LogP contribution in [-0.4, -0.2) is 4.92 Å². The third-order valence-electron chi connectivity index (χ3n) is 2.79. The van der Waals surface area contributed by atoms with Crippen molar-refractivity contribution in [2.45, 2.75) is 6.54 Å². The van der Waals surface area contributed by atoms with Gasteiger partial charge in [0.2, 0.25) is 5.82 Å². The second kappa shape index (κ2) is 6.20. The van der Waals surface area contributed by atoms with Crippen molar-refractivity contribution in [1.29, 1.82) is 5.26 Å². The topological polar surface area (TPSA) is 79.0 Å². The molecule has 0 spiro atoms. The molecule has 2 aromatic rings. The number of anilines is 1. The van der Waals surface area contributed by atoms with E-state index >= 15 is 0 Å². The highest BCUT2D eigenvalue weighted by Crippen LogP contribution is 2.22. The van der Waals surface area contributed by atoms with Gasteiger partial charge in [-0.3, -0.25) is 10.1 Å². The predicted molar refractivity (Wildman–Crippen MR) is 76.5 cm³/mol. The molecule has 0 saturated carbocycles. The van der Waals surface area contributed by atoms with E-state index in [1.54, 1.807) is 18.2 Å². The van der Waals surface area contributed by atoms with Gasteiger partial charge in [-0.05, 0) is 29.8 Å². The highest BCUT2D eigenvalue weighted by molar-refractivity contribution is 6.32. The smallest absolute Gasteiger partial charge is 0.304 e. The maximum Gasteiger partial charge on any atom is 0.304 e. The molecular weight excluding hydrogens is 297 g/mol.